The van der Waals surface area contributed by atoms with Gasteiger partial charge in [-0.1, -0.05) is 30.3 Å². The van der Waals surface area contributed by atoms with Gasteiger partial charge in [-0.3, -0.25) is 4.79 Å². The number of hydrogen-bond acceptors (Lipinski definition) is 2. The van der Waals surface area contributed by atoms with Crippen LogP contribution in [0, 0.1) is 0 Å². The van der Waals surface area contributed by atoms with E-state index >= 15 is 0 Å². The third kappa shape index (κ3) is 3.47. The number of ether oxygens (including phenoxy) is 1. The van der Waals surface area contributed by atoms with Crippen molar-refractivity contribution in [3.05, 3.63) is 35.9 Å². The summed E-state index contributed by atoms with van der Waals surface area (Å²) in [5.74, 6) is -0.304. The maximum absolute atomic E-state index is 10.5. The fourth-order valence-corrected chi connectivity index (χ4v) is 1.16. The molecule has 2 nitrogen and oxygen atoms in total. The monoisotopic (exact) mass is 198 g/mol. The molecule has 1 aromatic carbocycles. The van der Waals surface area contributed by atoms with Crippen molar-refractivity contribution in [3.63, 3.8) is 0 Å². The van der Waals surface area contributed by atoms with Crippen LogP contribution in [0.1, 0.15) is 17.9 Å². The van der Waals surface area contributed by atoms with Gasteiger partial charge < -0.3 is 4.74 Å². The van der Waals surface area contributed by atoms with Crippen LogP contribution in [0.5, 0.6) is 0 Å². The Morgan fingerprint density at radius 1 is 1.46 bits per heavy atom. The van der Waals surface area contributed by atoms with Gasteiger partial charge in [-0.15, -0.1) is 11.6 Å². The van der Waals surface area contributed by atoms with Crippen LogP contribution in [-0.2, 0) is 9.53 Å². The van der Waals surface area contributed by atoms with Gasteiger partial charge >= 0.3 is 5.97 Å². The first-order chi connectivity index (χ1) is 6.20. The van der Waals surface area contributed by atoms with Crippen LogP contribution in [0.2, 0.25) is 0 Å². The maximum Gasteiger partial charge on any atom is 0.302 e. The molecule has 1 rings (SSSR count). The second-order valence-electron chi connectivity index (χ2n) is 2.68. The lowest BCUT2D eigenvalue weighted by molar-refractivity contribution is -0.140. The molecule has 0 saturated heterocycles. The highest BCUT2D eigenvalue weighted by Crippen LogP contribution is 2.19. The van der Waals surface area contributed by atoms with Crippen LogP contribution in [0.4, 0.5) is 0 Å². The third-order valence-electron chi connectivity index (χ3n) is 1.59. The van der Waals surface area contributed by atoms with E-state index in [9.17, 15) is 4.79 Å². The predicted octanol–water partition coefficient (Wildman–Crippen LogP) is 2.53. The lowest BCUT2D eigenvalue weighted by Crippen LogP contribution is -2.05. The van der Waals surface area contributed by atoms with Gasteiger partial charge in [0.1, 0.15) is 6.61 Å². The summed E-state index contributed by atoms with van der Waals surface area (Å²) >= 11 is 5.97. The number of rotatable bonds is 3. The number of hydrogen-bond donors (Lipinski definition) is 0. The van der Waals surface area contributed by atoms with E-state index in [-0.39, 0.29) is 18.0 Å². The first-order valence-corrected chi connectivity index (χ1v) is 4.46. The van der Waals surface area contributed by atoms with Gasteiger partial charge in [0.25, 0.3) is 0 Å². The highest BCUT2D eigenvalue weighted by molar-refractivity contribution is 6.21. The molecule has 0 spiro atoms. The Morgan fingerprint density at radius 3 is 2.62 bits per heavy atom. The minimum atomic E-state index is -0.304. The highest BCUT2D eigenvalue weighted by atomic mass is 35.5. The van der Waals surface area contributed by atoms with Gasteiger partial charge in [0, 0.05) is 6.92 Å². The molecule has 1 aromatic rings. The topological polar surface area (TPSA) is 26.3 Å². The minimum absolute atomic E-state index is 0.223. The standard InChI is InChI=1S/C10H11ClO2/c1-8(12)13-7-10(11)9-5-3-2-4-6-9/h2-6,10H,7H2,1H3. The Labute approximate surface area is 82.5 Å². The summed E-state index contributed by atoms with van der Waals surface area (Å²) in [6, 6.07) is 9.53. The van der Waals surface area contributed by atoms with E-state index in [1.54, 1.807) is 0 Å². The maximum atomic E-state index is 10.5. The molecule has 0 N–H and O–H groups in total. The molecule has 0 amide bonds. The highest BCUT2D eigenvalue weighted by Gasteiger charge is 2.08. The molecule has 0 aliphatic carbocycles. The van der Waals surface area contributed by atoms with Crippen LogP contribution >= 0.6 is 11.6 Å². The Kier molecular flexibility index (Phi) is 3.77. The molecule has 70 valence electrons. The molecule has 0 fully saturated rings. The van der Waals surface area contributed by atoms with Crippen molar-refractivity contribution in [1.82, 2.24) is 0 Å². The smallest absolute Gasteiger partial charge is 0.302 e. The summed E-state index contributed by atoms with van der Waals surface area (Å²) in [6.07, 6.45) is 0. The van der Waals surface area contributed by atoms with Gasteiger partial charge in [0.05, 0.1) is 5.38 Å². The third-order valence-corrected chi connectivity index (χ3v) is 1.97. The molecular formula is C10H11ClO2. The second-order valence-corrected chi connectivity index (χ2v) is 3.21. The van der Waals surface area contributed by atoms with Gasteiger partial charge in [-0.25, -0.2) is 0 Å². The zero-order valence-electron chi connectivity index (χ0n) is 7.37. The summed E-state index contributed by atoms with van der Waals surface area (Å²) in [6.45, 7) is 1.59. The van der Waals surface area contributed by atoms with E-state index in [0.717, 1.165) is 5.56 Å². The number of carbonyl (C=O) groups excluding carboxylic acids is 1. The van der Waals surface area contributed by atoms with Crippen LogP contribution in [0.25, 0.3) is 0 Å². The number of alkyl halides is 1. The summed E-state index contributed by atoms with van der Waals surface area (Å²) in [5.41, 5.74) is 0.963. The van der Waals surface area contributed by atoms with Crippen LogP contribution < -0.4 is 0 Å². The van der Waals surface area contributed by atoms with Crippen molar-refractivity contribution in [2.45, 2.75) is 12.3 Å². The Morgan fingerprint density at radius 2 is 2.08 bits per heavy atom. The van der Waals surface area contributed by atoms with E-state index in [4.69, 9.17) is 16.3 Å². The molecule has 0 saturated carbocycles. The largest absolute Gasteiger partial charge is 0.464 e. The quantitative estimate of drug-likeness (QED) is 0.551. The fraction of sp³-hybridized carbons (Fsp3) is 0.300. The lowest BCUT2D eigenvalue weighted by Gasteiger charge is -2.08. The average Bonchev–Trinajstić information content (AvgIpc) is 2.15. The molecule has 0 heterocycles. The molecule has 0 aliphatic rings. The number of esters is 1. The molecule has 0 radical (unpaired) electrons. The summed E-state index contributed by atoms with van der Waals surface area (Å²) in [4.78, 5) is 10.5. The lowest BCUT2D eigenvalue weighted by atomic mass is 10.2. The predicted molar refractivity (Wildman–Crippen MR) is 51.7 cm³/mol. The van der Waals surface area contributed by atoms with E-state index in [0.29, 0.717) is 0 Å². The van der Waals surface area contributed by atoms with E-state index in [1.807, 2.05) is 30.3 Å². The molecule has 0 aliphatic heterocycles. The zero-order valence-corrected chi connectivity index (χ0v) is 8.12. The average molecular weight is 199 g/mol. The molecule has 3 heteroatoms. The number of carbonyl (C=O) groups is 1. The zero-order chi connectivity index (χ0) is 9.68. The SMILES string of the molecule is CC(=O)OCC(Cl)c1ccccc1. The van der Waals surface area contributed by atoms with Crippen LogP contribution in [-0.4, -0.2) is 12.6 Å². The summed E-state index contributed by atoms with van der Waals surface area (Å²) in [5, 5.41) is -0.259. The Bertz CT molecular complexity index is 272. The van der Waals surface area contributed by atoms with Crippen molar-refractivity contribution in [1.29, 1.82) is 0 Å². The number of benzene rings is 1. The summed E-state index contributed by atoms with van der Waals surface area (Å²) < 4.78 is 4.79. The van der Waals surface area contributed by atoms with Crippen LogP contribution in [0.3, 0.4) is 0 Å². The van der Waals surface area contributed by atoms with E-state index in [2.05, 4.69) is 0 Å². The van der Waals surface area contributed by atoms with E-state index < -0.39 is 0 Å². The molecule has 0 aromatic heterocycles. The molecule has 13 heavy (non-hydrogen) atoms. The van der Waals surface area contributed by atoms with E-state index in [1.165, 1.54) is 6.92 Å². The van der Waals surface area contributed by atoms with Crippen molar-refractivity contribution >= 4 is 17.6 Å². The molecule has 1 unspecified atom stereocenters. The Balaban J connectivity index is 2.49. The second kappa shape index (κ2) is 4.87. The van der Waals surface area contributed by atoms with Crippen LogP contribution in [0.15, 0.2) is 30.3 Å². The van der Waals surface area contributed by atoms with Crippen molar-refractivity contribution in [2.24, 2.45) is 0 Å². The number of halogens is 1. The minimum Gasteiger partial charge on any atom is -0.464 e. The van der Waals surface area contributed by atoms with Gasteiger partial charge in [0.2, 0.25) is 0 Å². The van der Waals surface area contributed by atoms with Gasteiger partial charge in [-0.05, 0) is 5.56 Å². The first kappa shape index (κ1) is 10.1. The first-order valence-electron chi connectivity index (χ1n) is 4.02. The van der Waals surface area contributed by atoms with Crippen molar-refractivity contribution < 1.29 is 9.53 Å². The normalized spacial score (nSPS) is 12.2. The molecule has 1 atom stereocenters. The van der Waals surface area contributed by atoms with Crippen molar-refractivity contribution in [3.8, 4) is 0 Å². The molecular weight excluding hydrogens is 188 g/mol. The van der Waals surface area contributed by atoms with Gasteiger partial charge in [0.15, 0.2) is 0 Å². The van der Waals surface area contributed by atoms with Crippen molar-refractivity contribution in [2.75, 3.05) is 6.61 Å². The summed E-state index contributed by atoms with van der Waals surface area (Å²) in [7, 11) is 0. The molecule has 0 bridgehead atoms. The fourth-order valence-electron chi connectivity index (χ4n) is 0.949. The Hall–Kier alpha value is -1.02. The van der Waals surface area contributed by atoms with Gasteiger partial charge in [-0.2, -0.15) is 0 Å².